The number of phenolic OH excluding ortho intramolecular Hbond substituents is 1. The molecule has 41 heavy (non-hydrogen) atoms. The summed E-state index contributed by atoms with van der Waals surface area (Å²) in [6, 6.07) is 11.3. The van der Waals surface area contributed by atoms with Crippen LogP contribution in [0, 0.1) is 0 Å². The molecule has 13 heteroatoms. The summed E-state index contributed by atoms with van der Waals surface area (Å²) in [5, 5.41) is 32.1. The van der Waals surface area contributed by atoms with Gasteiger partial charge < -0.3 is 48.5 Å². The molecule has 2 aromatic rings. The quantitative estimate of drug-likeness (QED) is 0.212. The first-order chi connectivity index (χ1) is 19.7. The second-order valence-electron chi connectivity index (χ2n) is 9.07. The van der Waals surface area contributed by atoms with Crippen LogP contribution in [0.4, 0.5) is 0 Å². The number of esters is 2. The lowest BCUT2D eigenvalue weighted by Crippen LogP contribution is -2.61. The fourth-order valence-corrected chi connectivity index (χ4v) is 4.12. The molecule has 0 unspecified atom stereocenters. The van der Waals surface area contributed by atoms with Gasteiger partial charge in [-0.1, -0.05) is 18.2 Å². The topological polar surface area (TPSA) is 177 Å². The molecule has 0 amide bonds. The van der Waals surface area contributed by atoms with Crippen molar-refractivity contribution >= 4 is 17.7 Å². The maximum atomic E-state index is 13.2. The largest absolute Gasteiger partial charge is 0.507 e. The number of aryl methyl sites for hydroxylation is 1. The van der Waals surface area contributed by atoms with Crippen LogP contribution in [-0.2, 0) is 39.7 Å². The van der Waals surface area contributed by atoms with Gasteiger partial charge in [-0.3, -0.25) is 4.79 Å². The summed E-state index contributed by atoms with van der Waals surface area (Å²) >= 11 is 0. The highest BCUT2D eigenvalue weighted by molar-refractivity contribution is 6.01. The highest BCUT2D eigenvalue weighted by Crippen LogP contribution is 2.33. The van der Waals surface area contributed by atoms with Crippen molar-refractivity contribution in [2.75, 3.05) is 41.2 Å². The molecule has 1 heterocycles. The van der Waals surface area contributed by atoms with Gasteiger partial charge in [0.25, 0.3) is 0 Å². The monoisotopic (exact) mass is 578 g/mol. The summed E-state index contributed by atoms with van der Waals surface area (Å²) in [6.45, 7) is -1.30. The number of ether oxygens (including phenoxy) is 7. The Balaban J connectivity index is 1.78. The Morgan fingerprint density at radius 2 is 1.59 bits per heavy atom. The van der Waals surface area contributed by atoms with Crippen LogP contribution in [0.5, 0.6) is 17.2 Å². The van der Waals surface area contributed by atoms with Crippen molar-refractivity contribution in [1.82, 2.24) is 0 Å². The number of rotatable bonds is 14. The van der Waals surface area contributed by atoms with E-state index in [-0.39, 0.29) is 30.1 Å². The number of aliphatic hydroxyl groups excluding tert-OH is 2. The summed E-state index contributed by atoms with van der Waals surface area (Å²) in [5.74, 6) is -1.87. The summed E-state index contributed by atoms with van der Waals surface area (Å²) in [6.07, 6.45) is -7.49. The molecule has 0 aromatic heterocycles. The number of phenols is 1. The Morgan fingerprint density at radius 3 is 2.24 bits per heavy atom. The molecule has 1 aliphatic heterocycles. The number of hydrogen-bond donors (Lipinski definition) is 3. The SMILES string of the molecule is COCC(=O)OC[C@H]1O[C@@H](Oc2cccc(O)c2C(=O)CCc2ccc(OC)cc2)[C@H](O)[C@@H](O)[C@@H]1OC(=O)COC. The number of hydrogen-bond acceptors (Lipinski definition) is 13. The minimum Gasteiger partial charge on any atom is -0.507 e. The summed E-state index contributed by atoms with van der Waals surface area (Å²) in [7, 11) is 4.11. The molecule has 1 fully saturated rings. The van der Waals surface area contributed by atoms with Gasteiger partial charge in [0.05, 0.1) is 7.11 Å². The number of benzene rings is 2. The Kier molecular flexibility index (Phi) is 11.9. The van der Waals surface area contributed by atoms with E-state index >= 15 is 0 Å². The van der Waals surface area contributed by atoms with Crippen LogP contribution in [0.3, 0.4) is 0 Å². The van der Waals surface area contributed by atoms with Gasteiger partial charge in [-0.05, 0) is 36.2 Å². The predicted octanol–water partition coefficient (Wildman–Crippen LogP) is 0.790. The summed E-state index contributed by atoms with van der Waals surface area (Å²) < 4.78 is 36.4. The van der Waals surface area contributed by atoms with Crippen LogP contribution in [0.1, 0.15) is 22.3 Å². The lowest BCUT2D eigenvalue weighted by molar-refractivity contribution is -0.283. The van der Waals surface area contributed by atoms with Crippen molar-refractivity contribution in [3.63, 3.8) is 0 Å². The van der Waals surface area contributed by atoms with E-state index in [2.05, 4.69) is 0 Å². The second-order valence-corrected chi connectivity index (χ2v) is 9.07. The zero-order valence-corrected chi connectivity index (χ0v) is 22.9. The van der Waals surface area contributed by atoms with Crippen molar-refractivity contribution in [3.05, 3.63) is 53.6 Å². The van der Waals surface area contributed by atoms with Crippen molar-refractivity contribution in [3.8, 4) is 17.2 Å². The minimum absolute atomic E-state index is 0.0204. The molecule has 1 aliphatic rings. The fraction of sp³-hybridized carbons (Fsp3) is 0.464. The second kappa shape index (κ2) is 15.3. The average Bonchev–Trinajstić information content (AvgIpc) is 2.95. The summed E-state index contributed by atoms with van der Waals surface area (Å²) in [5.41, 5.74) is 0.717. The molecular formula is C28H34O13. The van der Waals surface area contributed by atoms with E-state index in [0.29, 0.717) is 12.2 Å². The van der Waals surface area contributed by atoms with E-state index in [1.54, 1.807) is 19.2 Å². The molecule has 13 nitrogen and oxygen atoms in total. The fourth-order valence-electron chi connectivity index (χ4n) is 4.12. The van der Waals surface area contributed by atoms with Gasteiger partial charge in [-0.15, -0.1) is 0 Å². The maximum absolute atomic E-state index is 13.2. The lowest BCUT2D eigenvalue weighted by Gasteiger charge is -2.41. The number of Topliss-reactive ketones (excluding diaryl/α,β-unsaturated/α-hetero) is 1. The lowest BCUT2D eigenvalue weighted by atomic mass is 9.98. The molecule has 1 saturated heterocycles. The normalized spacial score (nSPS) is 22.0. The Bertz CT molecular complexity index is 1170. The molecule has 0 radical (unpaired) electrons. The first-order valence-electron chi connectivity index (χ1n) is 12.7. The molecular weight excluding hydrogens is 544 g/mol. The molecule has 0 bridgehead atoms. The number of carbonyl (C=O) groups is 3. The zero-order valence-electron chi connectivity index (χ0n) is 22.9. The Morgan fingerprint density at radius 1 is 0.902 bits per heavy atom. The predicted molar refractivity (Wildman–Crippen MR) is 140 cm³/mol. The maximum Gasteiger partial charge on any atom is 0.332 e. The van der Waals surface area contributed by atoms with Gasteiger partial charge in [-0.2, -0.15) is 0 Å². The molecule has 3 rings (SSSR count). The van der Waals surface area contributed by atoms with Crippen molar-refractivity contribution < 1.29 is 62.9 Å². The van der Waals surface area contributed by atoms with Crippen LogP contribution >= 0.6 is 0 Å². The minimum atomic E-state index is -1.77. The molecule has 2 aromatic carbocycles. The van der Waals surface area contributed by atoms with E-state index in [1.807, 2.05) is 12.1 Å². The van der Waals surface area contributed by atoms with E-state index in [9.17, 15) is 29.7 Å². The molecule has 5 atom stereocenters. The van der Waals surface area contributed by atoms with Crippen molar-refractivity contribution in [1.29, 1.82) is 0 Å². The standard InChI is InChI=1S/C28H34O13/c1-35-14-22(31)38-13-21-27(41-23(32)15-36-2)25(33)26(34)28(40-21)39-20-6-4-5-18(29)24(20)19(30)12-9-16-7-10-17(37-3)11-8-16/h4-8,10-11,21,25-29,33-34H,9,12-15H2,1-3H3/t21-,25-,26-,27-,28-/m1/s1. The molecule has 0 saturated carbocycles. The third-order valence-corrected chi connectivity index (χ3v) is 6.17. The van der Waals surface area contributed by atoms with Gasteiger partial charge >= 0.3 is 11.9 Å². The number of aliphatic hydroxyl groups is 2. The summed E-state index contributed by atoms with van der Waals surface area (Å²) in [4.78, 5) is 37.0. The number of aromatic hydroxyl groups is 1. The molecule has 0 spiro atoms. The van der Waals surface area contributed by atoms with E-state index < -0.39 is 61.6 Å². The molecule has 0 aliphatic carbocycles. The van der Waals surface area contributed by atoms with Gasteiger partial charge in [0.1, 0.15) is 60.9 Å². The van der Waals surface area contributed by atoms with Gasteiger partial charge in [0.2, 0.25) is 6.29 Å². The number of ketones is 1. The highest BCUT2D eigenvalue weighted by atomic mass is 16.7. The third-order valence-electron chi connectivity index (χ3n) is 6.17. The van der Waals surface area contributed by atoms with Crippen LogP contribution in [0.2, 0.25) is 0 Å². The van der Waals surface area contributed by atoms with Crippen LogP contribution in [0.25, 0.3) is 0 Å². The Hall–Kier alpha value is -3.75. The number of methoxy groups -OCH3 is 3. The zero-order chi connectivity index (χ0) is 29.9. The number of carbonyl (C=O) groups excluding carboxylic acids is 3. The third kappa shape index (κ3) is 8.62. The van der Waals surface area contributed by atoms with Gasteiger partial charge in [-0.25, -0.2) is 9.59 Å². The van der Waals surface area contributed by atoms with Crippen LogP contribution in [0.15, 0.2) is 42.5 Å². The van der Waals surface area contributed by atoms with Gasteiger partial charge in [0, 0.05) is 20.6 Å². The smallest absolute Gasteiger partial charge is 0.332 e. The first kappa shape index (κ1) is 31.8. The van der Waals surface area contributed by atoms with E-state index in [0.717, 1.165) is 5.56 Å². The molecule has 224 valence electrons. The van der Waals surface area contributed by atoms with E-state index in [1.165, 1.54) is 32.4 Å². The average molecular weight is 579 g/mol. The van der Waals surface area contributed by atoms with Gasteiger partial charge in [0.15, 0.2) is 11.9 Å². The van der Waals surface area contributed by atoms with Crippen molar-refractivity contribution in [2.45, 2.75) is 43.5 Å². The molecule has 3 N–H and O–H groups in total. The van der Waals surface area contributed by atoms with Crippen molar-refractivity contribution in [2.24, 2.45) is 0 Å². The van der Waals surface area contributed by atoms with Crippen LogP contribution in [-0.4, -0.2) is 105 Å². The highest BCUT2D eigenvalue weighted by Gasteiger charge is 2.48. The van der Waals surface area contributed by atoms with E-state index in [4.69, 9.17) is 33.2 Å². The van der Waals surface area contributed by atoms with Crippen LogP contribution < -0.4 is 9.47 Å². The first-order valence-corrected chi connectivity index (χ1v) is 12.7. The Labute approximate surface area is 236 Å².